The predicted octanol–water partition coefficient (Wildman–Crippen LogP) is 6.27. The van der Waals surface area contributed by atoms with Crippen molar-refractivity contribution in [2.75, 3.05) is 11.5 Å². The molecular formula is C19H36N2S2. The molecule has 0 saturated carbocycles. The minimum absolute atomic E-state index is 0.697. The first-order valence-electron chi connectivity index (χ1n) is 9.41. The monoisotopic (exact) mass is 356 g/mol. The summed E-state index contributed by atoms with van der Waals surface area (Å²) in [6.45, 7) is 7.98. The third kappa shape index (κ3) is 12.0. The van der Waals surface area contributed by atoms with Crippen LogP contribution in [0.3, 0.4) is 0 Å². The van der Waals surface area contributed by atoms with Crippen LogP contribution >= 0.6 is 23.5 Å². The molecule has 0 aliphatic rings. The van der Waals surface area contributed by atoms with E-state index in [-0.39, 0.29) is 0 Å². The predicted molar refractivity (Wildman–Crippen MR) is 109 cm³/mol. The van der Waals surface area contributed by atoms with E-state index in [2.05, 4.69) is 60.0 Å². The number of hydrogen-bond acceptors (Lipinski definition) is 3. The molecule has 2 nitrogen and oxygen atoms in total. The van der Waals surface area contributed by atoms with Gasteiger partial charge in [0.05, 0.1) is 6.33 Å². The highest BCUT2D eigenvalue weighted by Gasteiger charge is 2.12. The molecule has 1 rings (SSSR count). The molecule has 134 valence electrons. The van der Waals surface area contributed by atoms with Gasteiger partial charge in [-0.2, -0.15) is 23.5 Å². The third-order valence-corrected chi connectivity index (χ3v) is 6.56. The van der Waals surface area contributed by atoms with Crippen LogP contribution in [0.5, 0.6) is 0 Å². The van der Waals surface area contributed by atoms with Crippen molar-refractivity contribution >= 4 is 23.5 Å². The second kappa shape index (κ2) is 14.3. The number of rotatable bonds is 15. The summed E-state index contributed by atoms with van der Waals surface area (Å²) >= 11 is 4.25. The number of aromatic nitrogens is 2. The summed E-state index contributed by atoms with van der Waals surface area (Å²) in [7, 11) is 0. The number of imidazole rings is 1. The summed E-state index contributed by atoms with van der Waals surface area (Å²) in [5.41, 5.74) is 0. The maximum atomic E-state index is 4.16. The molecule has 1 heterocycles. The molecular weight excluding hydrogens is 320 g/mol. The van der Waals surface area contributed by atoms with Crippen LogP contribution in [0.4, 0.5) is 0 Å². The molecule has 0 N–H and O–H groups in total. The van der Waals surface area contributed by atoms with Gasteiger partial charge in [-0.3, -0.25) is 0 Å². The van der Waals surface area contributed by atoms with Gasteiger partial charge in [-0.15, -0.1) is 0 Å². The van der Waals surface area contributed by atoms with E-state index < -0.39 is 0 Å². The van der Waals surface area contributed by atoms with Crippen LogP contribution in [0.2, 0.25) is 0 Å². The molecule has 23 heavy (non-hydrogen) atoms. The van der Waals surface area contributed by atoms with Crippen LogP contribution in [0.1, 0.15) is 72.1 Å². The Bertz CT molecular complexity index is 352. The second-order valence-corrected chi connectivity index (χ2v) is 9.65. The van der Waals surface area contributed by atoms with Gasteiger partial charge in [0, 0.05) is 29.9 Å². The van der Waals surface area contributed by atoms with Gasteiger partial charge in [-0.1, -0.05) is 65.7 Å². The lowest BCUT2D eigenvalue weighted by Crippen LogP contribution is -2.17. The highest BCUT2D eigenvalue weighted by molar-refractivity contribution is 8.03. The first-order chi connectivity index (χ1) is 11.2. The summed E-state index contributed by atoms with van der Waals surface area (Å²) in [5, 5.41) is 1.40. The summed E-state index contributed by atoms with van der Waals surface area (Å²) in [5.74, 6) is 2.59. The highest BCUT2D eigenvalue weighted by Crippen LogP contribution is 2.23. The molecule has 0 spiro atoms. The number of unbranched alkanes of at least 4 members (excludes halogenated alkanes) is 7. The Morgan fingerprint density at radius 3 is 2.30 bits per heavy atom. The van der Waals surface area contributed by atoms with E-state index in [0.717, 1.165) is 6.54 Å². The smallest absolute Gasteiger partial charge is 0.0946 e. The van der Waals surface area contributed by atoms with Gasteiger partial charge in [0.15, 0.2) is 0 Å². The fraction of sp³-hybridized carbons (Fsp3) is 0.842. The zero-order valence-electron chi connectivity index (χ0n) is 15.4. The van der Waals surface area contributed by atoms with Gasteiger partial charge in [0.2, 0.25) is 0 Å². The summed E-state index contributed by atoms with van der Waals surface area (Å²) in [6.07, 6.45) is 17.2. The molecule has 1 atom stereocenters. The number of nitrogens with zero attached hydrogens (tertiary/aromatic N) is 2. The SMILES string of the molecule is CCCCCCCCCCSCC(Cn1ccnc1)SC(C)C. The van der Waals surface area contributed by atoms with Crippen LogP contribution in [-0.4, -0.2) is 31.6 Å². The van der Waals surface area contributed by atoms with Gasteiger partial charge in [-0.05, 0) is 17.4 Å². The van der Waals surface area contributed by atoms with Crippen LogP contribution in [-0.2, 0) is 6.54 Å². The zero-order chi connectivity index (χ0) is 16.8. The van der Waals surface area contributed by atoms with Crippen molar-refractivity contribution in [1.82, 2.24) is 9.55 Å². The largest absolute Gasteiger partial charge is 0.336 e. The van der Waals surface area contributed by atoms with Crippen molar-refractivity contribution in [2.45, 2.75) is 89.2 Å². The van der Waals surface area contributed by atoms with Crippen molar-refractivity contribution in [2.24, 2.45) is 0 Å². The standard InChI is InChI=1S/C19H36N2S2/c1-4-5-6-7-8-9-10-11-14-22-16-19(23-18(2)3)15-21-13-12-20-17-21/h12-13,17-19H,4-11,14-16H2,1-3H3. The molecule has 4 heteroatoms. The van der Waals surface area contributed by atoms with E-state index >= 15 is 0 Å². The van der Waals surface area contributed by atoms with Crippen molar-refractivity contribution in [3.63, 3.8) is 0 Å². The molecule has 1 unspecified atom stereocenters. The summed E-state index contributed by atoms with van der Waals surface area (Å²) < 4.78 is 2.22. The molecule has 0 amide bonds. The van der Waals surface area contributed by atoms with E-state index in [1.54, 1.807) is 0 Å². The Morgan fingerprint density at radius 2 is 1.70 bits per heavy atom. The van der Waals surface area contributed by atoms with Gasteiger partial charge in [0.1, 0.15) is 0 Å². The van der Waals surface area contributed by atoms with E-state index in [0.29, 0.717) is 10.5 Å². The average molecular weight is 357 g/mol. The average Bonchev–Trinajstić information content (AvgIpc) is 3.01. The molecule has 0 aromatic carbocycles. The minimum Gasteiger partial charge on any atom is -0.336 e. The first-order valence-corrected chi connectivity index (χ1v) is 11.5. The maximum absolute atomic E-state index is 4.16. The Labute approximate surface area is 152 Å². The molecule has 0 aliphatic carbocycles. The molecule has 0 fully saturated rings. The van der Waals surface area contributed by atoms with Crippen LogP contribution < -0.4 is 0 Å². The van der Waals surface area contributed by atoms with Crippen LogP contribution in [0.25, 0.3) is 0 Å². The Morgan fingerprint density at radius 1 is 1.00 bits per heavy atom. The second-order valence-electron chi connectivity index (χ2n) is 6.62. The van der Waals surface area contributed by atoms with E-state index in [1.165, 1.54) is 62.9 Å². The van der Waals surface area contributed by atoms with Crippen molar-refractivity contribution < 1.29 is 0 Å². The quantitative estimate of drug-likeness (QED) is 0.345. The third-order valence-electron chi connectivity index (χ3n) is 3.88. The zero-order valence-corrected chi connectivity index (χ0v) is 17.0. The van der Waals surface area contributed by atoms with Crippen molar-refractivity contribution in [3.8, 4) is 0 Å². The fourth-order valence-electron chi connectivity index (χ4n) is 2.70. The van der Waals surface area contributed by atoms with Gasteiger partial charge < -0.3 is 4.57 Å². The normalized spacial score (nSPS) is 12.9. The first kappa shape index (κ1) is 21.0. The van der Waals surface area contributed by atoms with Crippen LogP contribution in [0, 0.1) is 0 Å². The van der Waals surface area contributed by atoms with E-state index in [4.69, 9.17) is 0 Å². The molecule has 0 bridgehead atoms. The number of thioether (sulfide) groups is 2. The van der Waals surface area contributed by atoms with Crippen LogP contribution in [0.15, 0.2) is 18.7 Å². The highest BCUT2D eigenvalue weighted by atomic mass is 32.2. The minimum atomic E-state index is 0.697. The topological polar surface area (TPSA) is 17.8 Å². The van der Waals surface area contributed by atoms with E-state index in [1.807, 2.05) is 12.5 Å². The lowest BCUT2D eigenvalue weighted by atomic mass is 10.1. The molecule has 1 aromatic heterocycles. The lowest BCUT2D eigenvalue weighted by molar-refractivity contribution is 0.586. The van der Waals surface area contributed by atoms with E-state index in [9.17, 15) is 0 Å². The Balaban J connectivity index is 2.03. The Kier molecular flexibility index (Phi) is 13.0. The van der Waals surface area contributed by atoms with Gasteiger partial charge in [-0.25, -0.2) is 4.98 Å². The molecule has 0 saturated heterocycles. The maximum Gasteiger partial charge on any atom is 0.0946 e. The summed E-state index contributed by atoms with van der Waals surface area (Å²) in [4.78, 5) is 4.16. The van der Waals surface area contributed by atoms with Crippen molar-refractivity contribution in [3.05, 3.63) is 18.7 Å². The van der Waals surface area contributed by atoms with Gasteiger partial charge in [0.25, 0.3) is 0 Å². The summed E-state index contributed by atoms with van der Waals surface area (Å²) in [6, 6.07) is 0. The van der Waals surface area contributed by atoms with Crippen molar-refractivity contribution in [1.29, 1.82) is 0 Å². The number of hydrogen-bond donors (Lipinski definition) is 0. The molecule has 0 radical (unpaired) electrons. The lowest BCUT2D eigenvalue weighted by Gasteiger charge is -2.19. The molecule has 0 aliphatic heterocycles. The van der Waals surface area contributed by atoms with Gasteiger partial charge >= 0.3 is 0 Å². The Hall–Kier alpha value is -0.0900. The fourth-order valence-corrected chi connectivity index (χ4v) is 5.28. The molecule has 1 aromatic rings.